The van der Waals surface area contributed by atoms with Crippen LogP contribution in [-0.2, 0) is 6.54 Å². The molecule has 0 aliphatic carbocycles. The monoisotopic (exact) mass is 326 g/mol. The van der Waals surface area contributed by atoms with Crippen LogP contribution >= 0.6 is 0 Å². The summed E-state index contributed by atoms with van der Waals surface area (Å²) < 4.78 is 0. The normalized spacial score (nSPS) is 13.8. The van der Waals surface area contributed by atoms with E-state index in [-0.39, 0.29) is 6.03 Å². The zero-order valence-electron chi connectivity index (χ0n) is 13.3. The fourth-order valence-corrected chi connectivity index (χ4v) is 3.34. The summed E-state index contributed by atoms with van der Waals surface area (Å²) in [4.78, 5) is 23.4. The van der Waals surface area contributed by atoms with Crippen molar-refractivity contribution in [1.82, 2.24) is 15.3 Å². The molecule has 2 aromatic heterocycles. The highest BCUT2D eigenvalue weighted by atomic mass is 16.2. The summed E-state index contributed by atoms with van der Waals surface area (Å²) in [5.41, 5.74) is 4.39. The van der Waals surface area contributed by atoms with Crippen LogP contribution in [0.2, 0.25) is 0 Å². The van der Waals surface area contributed by atoms with E-state index in [1.165, 1.54) is 0 Å². The number of aromatic nitrogens is 2. The first kappa shape index (κ1) is 13.9. The number of pyridine rings is 2. The molecule has 120 valence electrons. The van der Waals surface area contributed by atoms with E-state index in [0.29, 0.717) is 6.54 Å². The molecule has 2 amide bonds. The van der Waals surface area contributed by atoms with Gasteiger partial charge in [0.25, 0.3) is 0 Å². The van der Waals surface area contributed by atoms with Crippen molar-refractivity contribution in [1.29, 1.82) is 0 Å². The molecule has 1 aliphatic rings. The smallest absolute Gasteiger partial charge is 0.326 e. The number of benzene rings is 2. The van der Waals surface area contributed by atoms with Gasteiger partial charge in [0.1, 0.15) is 0 Å². The first-order valence-corrected chi connectivity index (χ1v) is 8.11. The summed E-state index contributed by atoms with van der Waals surface area (Å²) in [5, 5.41) is 4.88. The lowest BCUT2D eigenvalue weighted by atomic mass is 10.1. The lowest BCUT2D eigenvalue weighted by molar-refractivity contribution is 0.247. The van der Waals surface area contributed by atoms with Gasteiger partial charge in [-0.1, -0.05) is 36.4 Å². The van der Waals surface area contributed by atoms with Crippen molar-refractivity contribution in [2.45, 2.75) is 6.54 Å². The van der Waals surface area contributed by atoms with Crippen molar-refractivity contribution < 1.29 is 4.79 Å². The highest BCUT2D eigenvalue weighted by Gasteiger charge is 2.28. The Morgan fingerprint density at radius 2 is 1.68 bits per heavy atom. The van der Waals surface area contributed by atoms with Crippen molar-refractivity contribution >= 4 is 39.2 Å². The SMILES string of the molecule is O=C1NCc2cnc3ccccc3c2N1c1cnc2ccccc2c1. The third kappa shape index (κ3) is 2.13. The fourth-order valence-electron chi connectivity index (χ4n) is 3.34. The molecule has 0 saturated heterocycles. The molecular formula is C20H14N4O. The molecule has 0 fully saturated rings. The molecule has 5 nitrogen and oxygen atoms in total. The molecular weight excluding hydrogens is 312 g/mol. The van der Waals surface area contributed by atoms with Crippen LogP contribution in [-0.4, -0.2) is 16.0 Å². The second-order valence-electron chi connectivity index (χ2n) is 6.03. The lowest BCUT2D eigenvalue weighted by Gasteiger charge is -2.30. The van der Waals surface area contributed by atoms with Gasteiger partial charge in [-0.25, -0.2) is 4.79 Å². The molecule has 4 aromatic rings. The Kier molecular flexibility index (Phi) is 2.94. The average Bonchev–Trinajstić information content (AvgIpc) is 2.67. The minimum atomic E-state index is -0.152. The van der Waals surface area contributed by atoms with E-state index in [1.807, 2.05) is 60.8 Å². The van der Waals surface area contributed by atoms with Crippen LogP contribution in [0.25, 0.3) is 21.8 Å². The maximum atomic E-state index is 12.7. The number of anilines is 2. The standard InChI is InChI=1S/C20H14N4O/c25-20-23-11-14-10-21-18-8-4-2-6-16(18)19(14)24(20)15-9-13-5-1-3-7-17(13)22-12-15/h1-10,12H,11H2,(H,23,25). The summed E-state index contributed by atoms with van der Waals surface area (Å²) >= 11 is 0. The Hall–Kier alpha value is -3.47. The molecule has 1 N–H and O–H groups in total. The van der Waals surface area contributed by atoms with Gasteiger partial charge < -0.3 is 5.32 Å². The van der Waals surface area contributed by atoms with Crippen molar-refractivity contribution in [3.63, 3.8) is 0 Å². The molecule has 1 aliphatic heterocycles. The van der Waals surface area contributed by atoms with E-state index in [1.54, 1.807) is 11.1 Å². The van der Waals surface area contributed by atoms with Crippen LogP contribution in [0.3, 0.4) is 0 Å². The zero-order valence-corrected chi connectivity index (χ0v) is 13.3. The number of carbonyl (C=O) groups is 1. The van der Waals surface area contributed by atoms with Gasteiger partial charge in [0, 0.05) is 29.1 Å². The molecule has 0 radical (unpaired) electrons. The summed E-state index contributed by atoms with van der Waals surface area (Å²) in [5.74, 6) is 0. The quantitative estimate of drug-likeness (QED) is 0.572. The van der Waals surface area contributed by atoms with Crippen LogP contribution in [0.15, 0.2) is 67.0 Å². The largest absolute Gasteiger partial charge is 0.333 e. The molecule has 5 rings (SSSR count). The van der Waals surface area contributed by atoms with E-state index >= 15 is 0 Å². The lowest BCUT2D eigenvalue weighted by Crippen LogP contribution is -2.41. The van der Waals surface area contributed by atoms with E-state index < -0.39 is 0 Å². The summed E-state index contributed by atoms with van der Waals surface area (Å²) in [6.45, 7) is 0.476. The third-order valence-electron chi connectivity index (χ3n) is 4.51. The number of hydrogen-bond donors (Lipinski definition) is 1. The number of nitrogens with one attached hydrogen (secondary N) is 1. The maximum Gasteiger partial charge on any atom is 0.326 e. The minimum Gasteiger partial charge on any atom is -0.333 e. The predicted octanol–water partition coefficient (Wildman–Crippen LogP) is 4.14. The molecule has 0 spiro atoms. The third-order valence-corrected chi connectivity index (χ3v) is 4.51. The van der Waals surface area contributed by atoms with Crippen LogP contribution in [0.5, 0.6) is 0 Å². The maximum absolute atomic E-state index is 12.7. The van der Waals surface area contributed by atoms with Gasteiger partial charge in [0.2, 0.25) is 0 Å². The first-order chi connectivity index (χ1) is 12.3. The molecule has 25 heavy (non-hydrogen) atoms. The Morgan fingerprint density at radius 3 is 2.60 bits per heavy atom. The highest BCUT2D eigenvalue weighted by molar-refractivity contribution is 6.10. The topological polar surface area (TPSA) is 58.1 Å². The Balaban J connectivity index is 1.78. The van der Waals surface area contributed by atoms with Crippen molar-refractivity contribution in [2.24, 2.45) is 0 Å². The van der Waals surface area contributed by atoms with Crippen molar-refractivity contribution in [3.05, 3.63) is 72.6 Å². The Morgan fingerprint density at radius 1 is 0.920 bits per heavy atom. The zero-order chi connectivity index (χ0) is 16.8. The van der Waals surface area contributed by atoms with E-state index in [9.17, 15) is 4.79 Å². The van der Waals surface area contributed by atoms with Crippen LogP contribution in [0.1, 0.15) is 5.56 Å². The number of nitrogens with zero attached hydrogens (tertiary/aromatic N) is 3. The molecule has 5 heteroatoms. The summed E-state index contributed by atoms with van der Waals surface area (Å²) in [7, 11) is 0. The van der Waals surface area contributed by atoms with E-state index in [0.717, 1.165) is 38.7 Å². The van der Waals surface area contributed by atoms with Gasteiger partial charge in [-0.15, -0.1) is 0 Å². The van der Waals surface area contributed by atoms with Crippen molar-refractivity contribution in [3.8, 4) is 0 Å². The molecule has 0 atom stereocenters. The van der Waals surface area contributed by atoms with Gasteiger partial charge in [-0.3, -0.25) is 14.9 Å². The summed E-state index contributed by atoms with van der Waals surface area (Å²) in [6, 6.07) is 17.6. The highest BCUT2D eigenvalue weighted by Crippen LogP contribution is 2.37. The molecule has 2 aromatic carbocycles. The number of hydrogen-bond acceptors (Lipinski definition) is 3. The number of para-hydroxylation sites is 2. The Bertz CT molecular complexity index is 1140. The van der Waals surface area contributed by atoms with Gasteiger partial charge in [-0.05, 0) is 18.2 Å². The second kappa shape index (κ2) is 5.27. The molecule has 0 bridgehead atoms. The Labute approximate surface area is 143 Å². The average molecular weight is 326 g/mol. The van der Waals surface area contributed by atoms with Gasteiger partial charge >= 0.3 is 6.03 Å². The van der Waals surface area contributed by atoms with Crippen LogP contribution < -0.4 is 10.2 Å². The summed E-state index contributed by atoms with van der Waals surface area (Å²) in [6.07, 6.45) is 3.57. The molecule has 0 unspecified atom stereocenters. The van der Waals surface area contributed by atoms with Crippen molar-refractivity contribution in [2.75, 3.05) is 4.90 Å². The molecule has 3 heterocycles. The van der Waals surface area contributed by atoms with Gasteiger partial charge in [0.05, 0.1) is 28.6 Å². The number of carbonyl (C=O) groups excluding carboxylic acids is 1. The second-order valence-corrected chi connectivity index (χ2v) is 6.03. The predicted molar refractivity (Wildman–Crippen MR) is 97.9 cm³/mol. The van der Waals surface area contributed by atoms with E-state index in [2.05, 4.69) is 15.3 Å². The number of amides is 2. The van der Waals surface area contributed by atoms with Gasteiger partial charge in [-0.2, -0.15) is 0 Å². The first-order valence-electron chi connectivity index (χ1n) is 8.11. The fraction of sp³-hybridized carbons (Fsp3) is 0.0500. The van der Waals surface area contributed by atoms with Gasteiger partial charge in [0.15, 0.2) is 0 Å². The van der Waals surface area contributed by atoms with E-state index in [4.69, 9.17) is 0 Å². The van der Waals surface area contributed by atoms with Crippen LogP contribution in [0, 0.1) is 0 Å². The minimum absolute atomic E-state index is 0.152. The molecule has 0 saturated carbocycles. The van der Waals surface area contributed by atoms with Crippen LogP contribution in [0.4, 0.5) is 16.2 Å². The number of fused-ring (bicyclic) bond motifs is 4. The number of rotatable bonds is 1. The number of urea groups is 1.